The Morgan fingerprint density at radius 3 is 2.74 bits per heavy atom. The summed E-state index contributed by atoms with van der Waals surface area (Å²) >= 11 is 7.32. The average molecular weight is 349 g/mol. The molecule has 0 aliphatic carbocycles. The number of amides is 1. The van der Waals surface area contributed by atoms with Crippen molar-refractivity contribution in [1.82, 2.24) is 0 Å². The molecule has 0 saturated carbocycles. The third-order valence-electron chi connectivity index (χ3n) is 3.51. The van der Waals surface area contributed by atoms with E-state index in [2.05, 4.69) is 10.2 Å². The number of carbonyl (C=O) groups is 1. The lowest BCUT2D eigenvalue weighted by Crippen LogP contribution is -2.36. The van der Waals surface area contributed by atoms with Crippen molar-refractivity contribution >= 4 is 46.3 Å². The van der Waals surface area contributed by atoms with Gasteiger partial charge in [0.1, 0.15) is 0 Å². The zero-order valence-corrected chi connectivity index (χ0v) is 14.1. The number of benzene rings is 1. The molecule has 0 bridgehead atoms. The highest BCUT2D eigenvalue weighted by Crippen LogP contribution is 2.26. The van der Waals surface area contributed by atoms with Gasteiger partial charge in [-0.15, -0.1) is 11.3 Å². The number of ether oxygens (including phenoxy) is 1. The molecular formula is C17H17ClN2O2S. The number of hydrogen-bond acceptors (Lipinski definition) is 4. The van der Waals surface area contributed by atoms with E-state index in [0.717, 1.165) is 29.3 Å². The van der Waals surface area contributed by atoms with Crippen LogP contribution in [0.15, 0.2) is 42.5 Å². The first kappa shape index (κ1) is 16.1. The quantitative estimate of drug-likeness (QED) is 0.852. The number of nitrogens with zero attached hydrogens (tertiary/aromatic N) is 1. The van der Waals surface area contributed by atoms with E-state index >= 15 is 0 Å². The molecule has 3 rings (SSSR count). The molecule has 0 spiro atoms. The number of morpholine rings is 1. The summed E-state index contributed by atoms with van der Waals surface area (Å²) < 4.78 is 6.09. The van der Waals surface area contributed by atoms with Crippen molar-refractivity contribution < 1.29 is 9.53 Å². The van der Waals surface area contributed by atoms with Crippen molar-refractivity contribution in [2.45, 2.75) is 0 Å². The molecule has 120 valence electrons. The predicted octanol–water partition coefficient (Wildman–Crippen LogP) is 3.89. The predicted molar refractivity (Wildman–Crippen MR) is 96.5 cm³/mol. The van der Waals surface area contributed by atoms with Crippen LogP contribution < -0.4 is 10.2 Å². The first-order chi connectivity index (χ1) is 11.2. The van der Waals surface area contributed by atoms with Crippen LogP contribution in [0.25, 0.3) is 6.08 Å². The van der Waals surface area contributed by atoms with Crippen LogP contribution in [0, 0.1) is 0 Å². The van der Waals surface area contributed by atoms with Crippen molar-refractivity contribution in [1.29, 1.82) is 0 Å². The minimum absolute atomic E-state index is 0.157. The fourth-order valence-electron chi connectivity index (χ4n) is 2.41. The van der Waals surface area contributed by atoms with E-state index in [9.17, 15) is 4.79 Å². The van der Waals surface area contributed by atoms with Gasteiger partial charge in [-0.3, -0.25) is 4.79 Å². The lowest BCUT2D eigenvalue weighted by Gasteiger charge is -2.30. The molecule has 1 amide bonds. The van der Waals surface area contributed by atoms with E-state index in [4.69, 9.17) is 16.3 Å². The van der Waals surface area contributed by atoms with Crippen LogP contribution in [0.3, 0.4) is 0 Å². The SMILES string of the molecule is O=C(C=Cc1ccc(Cl)s1)Nc1ccccc1N1CCOCC1. The summed E-state index contributed by atoms with van der Waals surface area (Å²) in [5, 5.41) is 2.95. The topological polar surface area (TPSA) is 41.6 Å². The van der Waals surface area contributed by atoms with E-state index in [1.54, 1.807) is 6.08 Å². The second kappa shape index (κ2) is 7.64. The molecule has 6 heteroatoms. The van der Waals surface area contributed by atoms with Crippen molar-refractivity contribution in [3.05, 3.63) is 51.7 Å². The van der Waals surface area contributed by atoms with Crippen LogP contribution in [0.4, 0.5) is 11.4 Å². The molecule has 23 heavy (non-hydrogen) atoms. The molecular weight excluding hydrogens is 332 g/mol. The van der Waals surface area contributed by atoms with Gasteiger partial charge in [0.15, 0.2) is 0 Å². The van der Waals surface area contributed by atoms with Gasteiger partial charge in [-0.25, -0.2) is 0 Å². The summed E-state index contributed by atoms with van der Waals surface area (Å²) in [6, 6.07) is 11.5. The summed E-state index contributed by atoms with van der Waals surface area (Å²) in [4.78, 5) is 15.3. The third-order valence-corrected chi connectivity index (χ3v) is 4.70. The van der Waals surface area contributed by atoms with E-state index in [-0.39, 0.29) is 5.91 Å². The Bertz CT molecular complexity index is 708. The Hall–Kier alpha value is -1.82. The van der Waals surface area contributed by atoms with E-state index < -0.39 is 0 Å². The second-order valence-electron chi connectivity index (χ2n) is 5.08. The van der Waals surface area contributed by atoms with Gasteiger partial charge in [0.2, 0.25) is 5.91 Å². The van der Waals surface area contributed by atoms with Crippen LogP contribution in [0.1, 0.15) is 4.88 Å². The number of rotatable bonds is 4. The second-order valence-corrected chi connectivity index (χ2v) is 6.83. The number of hydrogen-bond donors (Lipinski definition) is 1. The molecule has 1 aliphatic heterocycles. The van der Waals surface area contributed by atoms with Crippen molar-refractivity contribution in [2.24, 2.45) is 0 Å². The maximum Gasteiger partial charge on any atom is 0.248 e. The molecule has 2 heterocycles. The fourth-order valence-corrected chi connectivity index (χ4v) is 3.37. The largest absolute Gasteiger partial charge is 0.378 e. The Balaban J connectivity index is 1.69. The summed E-state index contributed by atoms with van der Waals surface area (Å²) in [6.07, 6.45) is 3.29. The Morgan fingerprint density at radius 2 is 2.00 bits per heavy atom. The highest BCUT2D eigenvalue weighted by atomic mass is 35.5. The number of carbonyl (C=O) groups excluding carboxylic acids is 1. The van der Waals surface area contributed by atoms with Crippen LogP contribution in [-0.2, 0) is 9.53 Å². The van der Waals surface area contributed by atoms with E-state index in [1.807, 2.05) is 36.4 Å². The molecule has 1 aliphatic rings. The highest BCUT2D eigenvalue weighted by molar-refractivity contribution is 7.17. The Labute approximate surface area is 144 Å². The maximum atomic E-state index is 12.2. The first-order valence-electron chi connectivity index (χ1n) is 7.38. The highest BCUT2D eigenvalue weighted by Gasteiger charge is 2.15. The van der Waals surface area contributed by atoms with Crippen LogP contribution >= 0.6 is 22.9 Å². The summed E-state index contributed by atoms with van der Waals surface area (Å²) in [5.74, 6) is -0.157. The standard InChI is InChI=1S/C17H17ClN2O2S/c18-16-7-5-13(23-16)6-8-17(21)19-14-3-1-2-4-15(14)20-9-11-22-12-10-20/h1-8H,9-12H2,(H,19,21). The van der Waals surface area contributed by atoms with Crippen LogP contribution in [0.2, 0.25) is 4.34 Å². The van der Waals surface area contributed by atoms with Gasteiger partial charge in [-0.2, -0.15) is 0 Å². The van der Waals surface area contributed by atoms with E-state index in [0.29, 0.717) is 17.6 Å². The number of nitrogens with one attached hydrogen (secondary N) is 1. The number of anilines is 2. The minimum atomic E-state index is -0.157. The lowest BCUT2D eigenvalue weighted by molar-refractivity contribution is -0.111. The molecule has 0 atom stereocenters. The maximum absolute atomic E-state index is 12.2. The lowest BCUT2D eigenvalue weighted by atomic mass is 10.2. The molecule has 1 N–H and O–H groups in total. The van der Waals surface area contributed by atoms with Gasteiger partial charge in [-0.05, 0) is 30.3 Å². The molecule has 0 unspecified atom stereocenters. The summed E-state index contributed by atoms with van der Waals surface area (Å²) in [6.45, 7) is 3.08. The Kier molecular flexibility index (Phi) is 5.33. The number of thiophene rings is 1. The smallest absolute Gasteiger partial charge is 0.248 e. The number of halogens is 1. The molecule has 2 aromatic rings. The first-order valence-corrected chi connectivity index (χ1v) is 8.58. The van der Waals surface area contributed by atoms with Crippen molar-refractivity contribution in [2.75, 3.05) is 36.5 Å². The zero-order valence-electron chi connectivity index (χ0n) is 12.5. The van der Waals surface area contributed by atoms with Gasteiger partial charge < -0.3 is 15.0 Å². The number of para-hydroxylation sites is 2. The minimum Gasteiger partial charge on any atom is -0.378 e. The third kappa shape index (κ3) is 4.34. The zero-order chi connectivity index (χ0) is 16.1. The van der Waals surface area contributed by atoms with Gasteiger partial charge in [-0.1, -0.05) is 23.7 Å². The van der Waals surface area contributed by atoms with Gasteiger partial charge in [0.25, 0.3) is 0 Å². The molecule has 1 aromatic carbocycles. The normalized spacial score (nSPS) is 15.1. The monoisotopic (exact) mass is 348 g/mol. The van der Waals surface area contributed by atoms with Gasteiger partial charge in [0, 0.05) is 24.0 Å². The fraction of sp³-hybridized carbons (Fsp3) is 0.235. The molecule has 1 fully saturated rings. The van der Waals surface area contributed by atoms with E-state index in [1.165, 1.54) is 17.4 Å². The van der Waals surface area contributed by atoms with Gasteiger partial charge >= 0.3 is 0 Å². The van der Waals surface area contributed by atoms with Crippen molar-refractivity contribution in [3.63, 3.8) is 0 Å². The van der Waals surface area contributed by atoms with Gasteiger partial charge in [0.05, 0.1) is 28.9 Å². The van der Waals surface area contributed by atoms with Crippen molar-refractivity contribution in [3.8, 4) is 0 Å². The molecule has 4 nitrogen and oxygen atoms in total. The molecule has 1 aromatic heterocycles. The van der Waals surface area contributed by atoms with Crippen LogP contribution in [0.5, 0.6) is 0 Å². The summed E-state index contributed by atoms with van der Waals surface area (Å²) in [7, 11) is 0. The summed E-state index contributed by atoms with van der Waals surface area (Å²) in [5.41, 5.74) is 1.84. The Morgan fingerprint density at radius 1 is 1.22 bits per heavy atom. The molecule has 1 saturated heterocycles. The van der Waals surface area contributed by atoms with Crippen LogP contribution in [-0.4, -0.2) is 32.2 Å². The molecule has 0 radical (unpaired) electrons. The average Bonchev–Trinajstić information content (AvgIpc) is 3.00.